The van der Waals surface area contributed by atoms with E-state index in [1.807, 2.05) is 152 Å². The Hall–Kier alpha value is -8.88. The lowest BCUT2D eigenvalue weighted by atomic mass is 9.95. The summed E-state index contributed by atoms with van der Waals surface area (Å²) in [6.45, 7) is 0.669. The van der Waals surface area contributed by atoms with E-state index in [-0.39, 0.29) is 62.9 Å². The molecule has 92 heavy (non-hydrogen) atoms. The lowest BCUT2D eigenvalue weighted by molar-refractivity contribution is -0.369. The molecular formula is C75H77NO16. The molecule has 0 unspecified atom stereocenters. The number of ether oxygens (including phenoxy) is 12. The van der Waals surface area contributed by atoms with Crippen molar-refractivity contribution in [1.29, 1.82) is 0 Å². The van der Waals surface area contributed by atoms with Gasteiger partial charge in [0.1, 0.15) is 49.8 Å². The van der Waals surface area contributed by atoms with Crippen LogP contribution in [0.15, 0.2) is 243 Å². The lowest BCUT2D eigenvalue weighted by Crippen LogP contribution is -2.67. The van der Waals surface area contributed by atoms with Crippen molar-refractivity contribution in [3.8, 4) is 0 Å². The summed E-state index contributed by atoms with van der Waals surface area (Å²) in [7, 11) is 0. The molecular weight excluding hydrogens is 1170 g/mol. The Bertz CT molecular complexity index is 3430. The first kappa shape index (κ1) is 66.1. The molecule has 2 aliphatic rings. The number of hydrogen-bond acceptors (Lipinski definition) is 16. The summed E-state index contributed by atoms with van der Waals surface area (Å²) in [5, 5.41) is 2.81. The second-order valence-electron chi connectivity index (χ2n) is 22.2. The van der Waals surface area contributed by atoms with Gasteiger partial charge in [-0.2, -0.15) is 0 Å². The maximum Gasteiger partial charge on any atom is 0.407 e. The largest absolute Gasteiger partial charge is 0.459 e. The Morgan fingerprint density at radius 1 is 0.337 bits per heavy atom. The number of nitrogens with one attached hydrogen (secondary N) is 1. The van der Waals surface area contributed by atoms with Gasteiger partial charge in [-0.05, 0) is 77.1 Å². The zero-order chi connectivity index (χ0) is 63.4. The second-order valence-corrected chi connectivity index (χ2v) is 22.2. The summed E-state index contributed by atoms with van der Waals surface area (Å²) in [5.41, 5.74) is 5.03. The van der Waals surface area contributed by atoms with Crippen LogP contribution >= 0.6 is 0 Å². The molecule has 17 heteroatoms. The molecule has 8 aromatic rings. The molecule has 1 amide bonds. The molecule has 0 saturated carbocycles. The van der Waals surface area contributed by atoms with E-state index in [2.05, 4.69) is 5.32 Å². The fraction of sp³-hybridized carbons (Fsp3) is 0.307. The average Bonchev–Trinajstić information content (AvgIpc) is 0.808. The first-order valence-corrected chi connectivity index (χ1v) is 31.2. The number of rotatable bonds is 32. The topological polar surface area (TPSA) is 191 Å². The first-order valence-electron chi connectivity index (χ1n) is 31.2. The number of unbranched alkanes of at least 4 members (excludes halogenated alkanes) is 3. The average molecular weight is 1250 g/mol. The van der Waals surface area contributed by atoms with E-state index in [0.29, 0.717) is 32.2 Å². The fourth-order valence-corrected chi connectivity index (χ4v) is 10.7. The summed E-state index contributed by atoms with van der Waals surface area (Å²) in [4.78, 5) is 56.0. The Morgan fingerprint density at radius 2 is 0.739 bits per heavy atom. The molecule has 1 N–H and O–H groups in total. The second kappa shape index (κ2) is 35.6. The maximum atomic E-state index is 14.8. The highest BCUT2D eigenvalue weighted by Gasteiger charge is 2.56. The van der Waals surface area contributed by atoms with Crippen molar-refractivity contribution in [3.63, 3.8) is 0 Å². The van der Waals surface area contributed by atoms with Crippen molar-refractivity contribution in [2.75, 3.05) is 26.4 Å². The molecule has 0 radical (unpaired) electrons. The highest BCUT2D eigenvalue weighted by atomic mass is 16.8. The van der Waals surface area contributed by atoms with Crippen molar-refractivity contribution >= 4 is 24.0 Å². The van der Waals surface area contributed by atoms with Crippen LogP contribution in [0.1, 0.15) is 84.6 Å². The normalized spacial score (nSPS) is 21.1. The van der Waals surface area contributed by atoms with Gasteiger partial charge in [-0.1, -0.05) is 219 Å². The van der Waals surface area contributed by atoms with Crippen LogP contribution in [0.2, 0.25) is 0 Å². The summed E-state index contributed by atoms with van der Waals surface area (Å²) in [6.07, 6.45) is -10.7. The molecule has 0 bridgehead atoms. The van der Waals surface area contributed by atoms with Crippen LogP contribution in [0.3, 0.4) is 0 Å². The van der Waals surface area contributed by atoms with Gasteiger partial charge in [0, 0.05) is 13.2 Å². The molecule has 10 rings (SSSR count). The Labute approximate surface area is 536 Å². The van der Waals surface area contributed by atoms with Crippen LogP contribution < -0.4 is 5.32 Å². The highest BCUT2D eigenvalue weighted by molar-refractivity contribution is 5.91. The Morgan fingerprint density at radius 3 is 1.25 bits per heavy atom. The third-order valence-corrected chi connectivity index (χ3v) is 15.5. The molecule has 0 aromatic heterocycles. The standard InChI is InChI=1S/C75H77NO16/c77-70(59-39-21-8-22-40-59)86-53-63-65(67(90-71(78)60-41-23-9-24-42-60)69(91-72(79)61-43-25-10-26-44-61)73(88-63)82-46-28-2-1-27-45-76-75(80)87-51-58-37-19-7-20-38-58)92-74-68(85-50-57-35-17-6-18-36-57)66(84-49-56-33-15-5-16-34-56)64(83-48-55-31-13-4-14-32-55)62(89-74)52-81-47-54-29-11-3-12-30-54/h3-26,29-44,62-69,73-74H,1-2,27-28,45-53H2,(H,76,80)/t62-,63-,64+,65+,66+,67+,68-,69-,73-,74-/m1/s1. The van der Waals surface area contributed by atoms with E-state index < -0.39 is 92.0 Å². The quantitative estimate of drug-likeness (QED) is 0.0238. The number of esters is 3. The van der Waals surface area contributed by atoms with Gasteiger partial charge in [0.05, 0.1) is 49.7 Å². The minimum Gasteiger partial charge on any atom is -0.459 e. The van der Waals surface area contributed by atoms with E-state index in [9.17, 15) is 19.2 Å². The van der Waals surface area contributed by atoms with E-state index >= 15 is 0 Å². The van der Waals surface area contributed by atoms with Crippen molar-refractivity contribution in [2.24, 2.45) is 0 Å². The summed E-state index contributed by atoms with van der Waals surface area (Å²) in [5.74, 6) is -2.26. The van der Waals surface area contributed by atoms with Gasteiger partial charge in [0.2, 0.25) is 0 Å². The van der Waals surface area contributed by atoms with Crippen LogP contribution in [0, 0.1) is 0 Å². The molecule has 2 fully saturated rings. The molecule has 10 atom stereocenters. The van der Waals surface area contributed by atoms with Crippen LogP contribution in [-0.2, 0) is 89.9 Å². The molecule has 478 valence electrons. The van der Waals surface area contributed by atoms with Gasteiger partial charge >= 0.3 is 24.0 Å². The third-order valence-electron chi connectivity index (χ3n) is 15.5. The van der Waals surface area contributed by atoms with Gasteiger partial charge in [-0.3, -0.25) is 0 Å². The minimum absolute atomic E-state index is 0.0262. The lowest BCUT2D eigenvalue weighted by Gasteiger charge is -2.49. The Kier molecular flexibility index (Phi) is 25.6. The molecule has 8 aromatic carbocycles. The number of benzene rings is 8. The maximum absolute atomic E-state index is 14.8. The molecule has 17 nitrogen and oxygen atoms in total. The van der Waals surface area contributed by atoms with E-state index in [1.54, 1.807) is 91.0 Å². The highest BCUT2D eigenvalue weighted by Crippen LogP contribution is 2.37. The molecule has 0 aliphatic carbocycles. The van der Waals surface area contributed by atoms with Gasteiger partial charge < -0.3 is 62.2 Å². The van der Waals surface area contributed by atoms with Crippen LogP contribution in [0.25, 0.3) is 0 Å². The SMILES string of the molecule is O=C(NCCCCCCO[C@@H]1O[C@H](COC(=O)c2ccccc2)[C@H](O[C@H]2O[C@H](COCc3ccccc3)[C@H](OCc3ccccc3)[C@H](OCc3ccccc3)[C@H]2OCc2ccccc2)[C@H](OC(=O)c2ccccc2)[C@H]1OC(=O)c1ccccc1)OCc1ccccc1. The van der Waals surface area contributed by atoms with E-state index in [4.69, 9.17) is 56.8 Å². The molecule has 2 heterocycles. The van der Waals surface area contributed by atoms with E-state index in [1.165, 1.54) is 0 Å². The van der Waals surface area contributed by atoms with Gasteiger partial charge in [0.15, 0.2) is 24.8 Å². The zero-order valence-corrected chi connectivity index (χ0v) is 51.1. The summed E-state index contributed by atoms with van der Waals surface area (Å²) >= 11 is 0. The monoisotopic (exact) mass is 1250 g/mol. The Balaban J connectivity index is 1.01. The van der Waals surface area contributed by atoms with Crippen molar-refractivity contribution in [2.45, 2.75) is 120 Å². The fourth-order valence-electron chi connectivity index (χ4n) is 10.7. The smallest absolute Gasteiger partial charge is 0.407 e. The predicted octanol–water partition coefficient (Wildman–Crippen LogP) is 12.6. The van der Waals surface area contributed by atoms with Gasteiger partial charge in [-0.25, -0.2) is 19.2 Å². The third kappa shape index (κ3) is 20.1. The predicted molar refractivity (Wildman–Crippen MR) is 340 cm³/mol. The van der Waals surface area contributed by atoms with E-state index in [0.717, 1.165) is 27.8 Å². The van der Waals surface area contributed by atoms with Crippen molar-refractivity contribution in [3.05, 3.63) is 287 Å². The van der Waals surface area contributed by atoms with Crippen LogP contribution in [0.5, 0.6) is 0 Å². The van der Waals surface area contributed by atoms with Crippen molar-refractivity contribution < 1.29 is 76.0 Å². The number of alkyl carbamates (subject to hydrolysis) is 1. The number of carbonyl (C=O) groups excluding carboxylic acids is 4. The number of carbonyl (C=O) groups is 4. The molecule has 2 aliphatic heterocycles. The van der Waals surface area contributed by atoms with Gasteiger partial charge in [-0.15, -0.1) is 0 Å². The molecule has 2 saturated heterocycles. The van der Waals surface area contributed by atoms with Crippen molar-refractivity contribution in [1.82, 2.24) is 5.32 Å². The zero-order valence-electron chi connectivity index (χ0n) is 51.1. The summed E-state index contributed by atoms with van der Waals surface area (Å²) in [6, 6.07) is 73.4. The number of hydrogen-bond donors (Lipinski definition) is 1. The summed E-state index contributed by atoms with van der Waals surface area (Å²) < 4.78 is 80.4. The minimum atomic E-state index is -1.58. The van der Waals surface area contributed by atoms with Crippen LogP contribution in [0.4, 0.5) is 4.79 Å². The van der Waals surface area contributed by atoms with Gasteiger partial charge in [0.25, 0.3) is 0 Å². The number of amides is 1. The first-order chi connectivity index (χ1) is 45.3. The molecule has 0 spiro atoms. The van der Waals surface area contributed by atoms with Crippen LogP contribution in [-0.4, -0.2) is 112 Å².